The first-order valence-electron chi connectivity index (χ1n) is 6.65. The van der Waals surface area contributed by atoms with Crippen LogP contribution in [0.2, 0.25) is 0 Å². The van der Waals surface area contributed by atoms with Gasteiger partial charge < -0.3 is 0 Å². The quantitative estimate of drug-likeness (QED) is 0.458. The van der Waals surface area contributed by atoms with Crippen LogP contribution in [0.5, 0.6) is 0 Å². The molecule has 10 heteroatoms. The van der Waals surface area contributed by atoms with E-state index in [2.05, 4.69) is 9.98 Å². The molecule has 3 aromatic rings. The Labute approximate surface area is 137 Å². The fraction of sp³-hybridized carbons (Fsp3) is 0. The molecule has 0 saturated heterocycles. The van der Waals surface area contributed by atoms with E-state index in [0.29, 0.717) is 11.4 Å². The van der Waals surface area contributed by atoms with E-state index in [9.17, 15) is 24.0 Å². The summed E-state index contributed by atoms with van der Waals surface area (Å²) >= 11 is 0. The molecule has 0 aliphatic heterocycles. The third-order valence-electron chi connectivity index (χ3n) is 2.88. The minimum atomic E-state index is -0.802. The number of carbonyl (C=O) groups excluding carboxylic acids is 2. The Balaban J connectivity index is 0.000000212. The van der Waals surface area contributed by atoms with Crippen LogP contribution in [-0.4, -0.2) is 27.1 Å². The molecule has 0 saturated carbocycles. The zero-order chi connectivity index (χ0) is 18.2. The molecule has 3 N–H and O–H groups in total. The van der Waals surface area contributed by atoms with Gasteiger partial charge in [-0.25, -0.2) is 24.0 Å². The van der Waals surface area contributed by atoms with Crippen LogP contribution < -0.4 is 17.1 Å². The summed E-state index contributed by atoms with van der Waals surface area (Å²) < 4.78 is 0. The van der Waals surface area contributed by atoms with Gasteiger partial charge in [-0.1, -0.05) is 30.3 Å². The van der Waals surface area contributed by atoms with Crippen molar-refractivity contribution in [1.29, 1.82) is 0 Å². The lowest BCUT2D eigenvalue weighted by molar-refractivity contribution is 0.564. The lowest BCUT2D eigenvalue weighted by atomic mass is 10.1. The Kier molecular flexibility index (Phi) is 5.46. The summed E-state index contributed by atoms with van der Waals surface area (Å²) in [6.07, 6.45) is 2.89. The average molecular weight is 339 g/mol. The predicted molar refractivity (Wildman–Crippen MR) is 87.8 cm³/mol. The zero-order valence-corrected chi connectivity index (χ0v) is 12.4. The molecule has 0 unspecified atom stereocenters. The number of benzene rings is 2. The molecule has 2 aromatic carbocycles. The van der Waals surface area contributed by atoms with Crippen LogP contribution in [0.15, 0.2) is 60.8 Å². The molecule has 10 nitrogen and oxygen atoms in total. The van der Waals surface area contributed by atoms with Crippen LogP contribution in [0.4, 0.5) is 11.4 Å². The van der Waals surface area contributed by atoms with Crippen molar-refractivity contribution >= 4 is 34.3 Å². The van der Waals surface area contributed by atoms with E-state index in [1.54, 1.807) is 33.2 Å². The first-order chi connectivity index (χ1) is 12.0. The average Bonchev–Trinajstić information content (AvgIpc) is 2.56. The number of isocyanates is 2. The maximum atomic E-state index is 10.3. The van der Waals surface area contributed by atoms with Crippen LogP contribution in [0.1, 0.15) is 0 Å². The van der Waals surface area contributed by atoms with Gasteiger partial charge in [0.2, 0.25) is 12.2 Å². The summed E-state index contributed by atoms with van der Waals surface area (Å²) in [5.74, 6) is 0. The lowest BCUT2D eigenvalue weighted by Gasteiger charge is -2.02. The van der Waals surface area contributed by atoms with Crippen LogP contribution in [-0.2, 0) is 9.59 Å². The zero-order valence-electron chi connectivity index (χ0n) is 12.4. The number of rotatable bonds is 2. The number of aromatic nitrogens is 3. The lowest BCUT2D eigenvalue weighted by Crippen LogP contribution is -2.34. The van der Waals surface area contributed by atoms with Gasteiger partial charge >= 0.3 is 17.1 Å². The van der Waals surface area contributed by atoms with Gasteiger partial charge in [0.15, 0.2) is 0 Å². The van der Waals surface area contributed by atoms with Gasteiger partial charge in [0, 0.05) is 5.39 Å². The molecule has 0 aliphatic rings. The van der Waals surface area contributed by atoms with Crippen molar-refractivity contribution in [2.75, 3.05) is 0 Å². The van der Waals surface area contributed by atoms with Crippen molar-refractivity contribution in [3.05, 3.63) is 67.9 Å². The minimum absolute atomic E-state index is 0.317. The topological polar surface area (TPSA) is 157 Å². The Bertz CT molecular complexity index is 1100. The number of nitrogens with one attached hydrogen (secondary N) is 3. The maximum Gasteiger partial charge on any atom is 0.330 e. The monoisotopic (exact) mass is 339 g/mol. The van der Waals surface area contributed by atoms with Crippen LogP contribution in [0.3, 0.4) is 0 Å². The van der Waals surface area contributed by atoms with Gasteiger partial charge in [-0.05, 0) is 11.5 Å². The molecule has 3 rings (SSSR count). The minimum Gasteiger partial charge on any atom is -0.259 e. The van der Waals surface area contributed by atoms with E-state index >= 15 is 0 Å². The number of nitrogens with zero attached hydrogens (tertiary/aromatic N) is 2. The van der Waals surface area contributed by atoms with E-state index in [-0.39, 0.29) is 0 Å². The molecular weight excluding hydrogens is 330 g/mol. The molecule has 25 heavy (non-hydrogen) atoms. The fourth-order valence-electron chi connectivity index (χ4n) is 1.95. The van der Waals surface area contributed by atoms with Crippen LogP contribution >= 0.6 is 0 Å². The van der Waals surface area contributed by atoms with Crippen molar-refractivity contribution < 1.29 is 9.59 Å². The van der Waals surface area contributed by atoms with Crippen molar-refractivity contribution in [3.63, 3.8) is 0 Å². The first-order valence-corrected chi connectivity index (χ1v) is 6.65. The summed E-state index contributed by atoms with van der Waals surface area (Å²) in [6.45, 7) is 0. The molecule has 0 bridgehead atoms. The van der Waals surface area contributed by atoms with Gasteiger partial charge in [-0.2, -0.15) is 9.98 Å². The predicted octanol–water partition coefficient (Wildman–Crippen LogP) is 0.526. The molecule has 1 heterocycles. The number of aromatic amines is 3. The number of fused-ring (bicyclic) bond motifs is 1. The first kappa shape index (κ1) is 17.2. The van der Waals surface area contributed by atoms with Gasteiger partial charge in [0.1, 0.15) is 11.4 Å². The van der Waals surface area contributed by atoms with Crippen molar-refractivity contribution in [2.24, 2.45) is 9.98 Å². The van der Waals surface area contributed by atoms with Gasteiger partial charge in [-0.3, -0.25) is 15.0 Å². The SMILES string of the molecule is O=C=Nc1ccc2ccccc2c1N=C=O.O=c1[nH]c(=O)[nH]c(=O)[nH]1. The summed E-state index contributed by atoms with van der Waals surface area (Å²) in [4.78, 5) is 63.6. The smallest absolute Gasteiger partial charge is 0.259 e. The highest BCUT2D eigenvalue weighted by Gasteiger charge is 2.05. The summed E-state index contributed by atoms with van der Waals surface area (Å²) in [5.41, 5.74) is -1.75. The standard InChI is InChI=1S/C12H6N2O2.C3H3N3O3/c15-7-13-11-6-5-9-3-1-2-4-10(9)12(11)14-8-16;7-1-4-2(8)6-3(9)5-1/h1-6H;(H3,4,5,6,7,8,9). The second kappa shape index (κ2) is 7.93. The molecule has 0 fully saturated rings. The second-order valence-corrected chi connectivity index (χ2v) is 4.42. The highest BCUT2D eigenvalue weighted by molar-refractivity contribution is 5.98. The van der Waals surface area contributed by atoms with E-state index in [1.165, 1.54) is 12.2 Å². The van der Waals surface area contributed by atoms with Gasteiger partial charge in [0.25, 0.3) is 0 Å². The third-order valence-corrected chi connectivity index (χ3v) is 2.88. The molecular formula is C15H9N5O5. The number of hydrogen-bond acceptors (Lipinski definition) is 7. The fourth-order valence-corrected chi connectivity index (χ4v) is 1.95. The molecule has 0 spiro atoms. The molecule has 0 amide bonds. The van der Waals surface area contributed by atoms with Crippen LogP contribution in [0, 0.1) is 0 Å². The Morgan fingerprint density at radius 3 is 1.84 bits per heavy atom. The van der Waals surface area contributed by atoms with E-state index in [0.717, 1.165) is 10.8 Å². The molecule has 1 aromatic heterocycles. The van der Waals surface area contributed by atoms with Gasteiger partial charge in [0.05, 0.1) is 0 Å². The Morgan fingerprint density at radius 2 is 1.28 bits per heavy atom. The number of H-pyrrole nitrogens is 3. The number of hydrogen-bond donors (Lipinski definition) is 3. The van der Waals surface area contributed by atoms with Gasteiger partial charge in [-0.15, -0.1) is 0 Å². The largest absolute Gasteiger partial charge is 0.330 e. The highest BCUT2D eigenvalue weighted by Crippen LogP contribution is 2.35. The Hall–Kier alpha value is -4.13. The third kappa shape index (κ3) is 4.42. The second-order valence-electron chi connectivity index (χ2n) is 4.42. The molecule has 0 radical (unpaired) electrons. The number of aliphatic imine (C=N–C) groups is 2. The molecule has 0 atom stereocenters. The van der Waals surface area contributed by atoms with E-state index in [4.69, 9.17) is 0 Å². The molecule has 124 valence electrons. The van der Waals surface area contributed by atoms with E-state index < -0.39 is 17.1 Å². The van der Waals surface area contributed by atoms with E-state index in [1.807, 2.05) is 18.2 Å². The van der Waals surface area contributed by atoms with Crippen LogP contribution in [0.25, 0.3) is 10.8 Å². The van der Waals surface area contributed by atoms with Crippen molar-refractivity contribution in [3.8, 4) is 0 Å². The van der Waals surface area contributed by atoms with Crippen molar-refractivity contribution in [1.82, 2.24) is 15.0 Å². The molecule has 0 aliphatic carbocycles. The summed E-state index contributed by atoms with van der Waals surface area (Å²) in [6, 6.07) is 10.8. The van der Waals surface area contributed by atoms with Crippen molar-refractivity contribution in [2.45, 2.75) is 0 Å². The highest BCUT2D eigenvalue weighted by atomic mass is 16.2. The summed E-state index contributed by atoms with van der Waals surface area (Å²) in [5, 5.41) is 1.67. The normalized spacial score (nSPS) is 9.28. The Morgan fingerprint density at radius 1 is 0.720 bits per heavy atom. The summed E-state index contributed by atoms with van der Waals surface area (Å²) in [7, 11) is 0. The maximum absolute atomic E-state index is 10.3.